The van der Waals surface area contributed by atoms with E-state index in [-0.39, 0.29) is 11.1 Å². The van der Waals surface area contributed by atoms with Crippen molar-refractivity contribution in [2.45, 2.75) is 24.7 Å². The molecule has 0 radical (unpaired) electrons. The first kappa shape index (κ1) is 16.7. The Morgan fingerprint density at radius 1 is 1.17 bits per heavy atom. The third-order valence-electron chi connectivity index (χ3n) is 3.50. The number of allylic oxidation sites excluding steroid dienone is 4. The average molecular weight is 324 g/mol. The van der Waals surface area contributed by atoms with Gasteiger partial charge < -0.3 is 0 Å². The van der Waals surface area contributed by atoms with Gasteiger partial charge >= 0.3 is 6.18 Å². The number of hydrogen-bond donors (Lipinski definition) is 0. The fourth-order valence-corrected chi connectivity index (χ4v) is 2.57. The highest BCUT2D eigenvalue weighted by Crippen LogP contribution is 2.47. The van der Waals surface area contributed by atoms with Crippen LogP contribution in [0, 0.1) is 22.7 Å². The largest absolute Gasteiger partial charge is 0.416 e. The normalized spacial score (nSPS) is 24.3. The highest BCUT2D eigenvalue weighted by molar-refractivity contribution is 5.51. The molecule has 0 N–H and O–H groups in total. The highest BCUT2D eigenvalue weighted by Gasteiger charge is 2.45. The molecule has 7 heteroatoms. The summed E-state index contributed by atoms with van der Waals surface area (Å²) >= 11 is 0. The van der Waals surface area contributed by atoms with Gasteiger partial charge in [0, 0.05) is 0 Å². The number of nitriles is 2. The summed E-state index contributed by atoms with van der Waals surface area (Å²) in [5.41, 5.74) is -4.98. The Labute approximate surface area is 128 Å². The second kappa shape index (κ2) is 5.51. The molecule has 0 bridgehead atoms. The van der Waals surface area contributed by atoms with Crippen LogP contribution in [0.25, 0.3) is 0 Å². The van der Waals surface area contributed by atoms with Gasteiger partial charge in [-0.1, -0.05) is 6.07 Å². The number of hydrogen-bond acceptors (Lipinski definition) is 2. The zero-order valence-corrected chi connectivity index (χ0v) is 11.7. The predicted octanol–water partition coefficient (Wildman–Crippen LogP) is 4.71. The van der Waals surface area contributed by atoms with Gasteiger partial charge in [-0.25, -0.2) is 8.78 Å². The molecule has 0 fully saturated rings. The minimum absolute atomic E-state index is 0.268. The molecule has 2 unspecified atom stereocenters. The van der Waals surface area contributed by atoms with Crippen LogP contribution in [0.5, 0.6) is 0 Å². The predicted molar refractivity (Wildman–Crippen MR) is 71.3 cm³/mol. The van der Waals surface area contributed by atoms with Gasteiger partial charge in [0.25, 0.3) is 0 Å². The Morgan fingerprint density at radius 2 is 1.83 bits per heavy atom. The Hall–Kier alpha value is -2.67. The molecular formula is C16H9F5N2. The van der Waals surface area contributed by atoms with Crippen LogP contribution in [-0.4, -0.2) is 5.67 Å². The lowest BCUT2D eigenvalue weighted by atomic mass is 9.77. The minimum atomic E-state index is -4.88. The maximum atomic E-state index is 14.7. The van der Waals surface area contributed by atoms with Gasteiger partial charge in [-0.15, -0.1) is 0 Å². The second-order valence-corrected chi connectivity index (χ2v) is 5.24. The number of nitrogens with zero attached hydrogens (tertiary/aromatic N) is 2. The standard InChI is InChI=1S/C16H9F5N2/c1-15(18)6-10(8-23)5-13(17)14(15)11-3-2-9(7-22)4-12(11)16(19,20)21/h2-6,14H,1H3. The van der Waals surface area contributed by atoms with E-state index >= 15 is 0 Å². The molecule has 0 aromatic heterocycles. The summed E-state index contributed by atoms with van der Waals surface area (Å²) in [7, 11) is 0. The van der Waals surface area contributed by atoms with E-state index in [1.807, 2.05) is 0 Å². The monoisotopic (exact) mass is 324 g/mol. The summed E-state index contributed by atoms with van der Waals surface area (Å²) in [4.78, 5) is 0. The summed E-state index contributed by atoms with van der Waals surface area (Å²) in [6.45, 7) is 0.903. The number of alkyl halides is 4. The SMILES string of the molecule is CC1(F)C=C(C#N)C=C(F)C1c1ccc(C#N)cc1C(F)(F)F. The van der Waals surface area contributed by atoms with Gasteiger partial charge in [-0.2, -0.15) is 23.7 Å². The molecule has 2 nitrogen and oxygen atoms in total. The van der Waals surface area contributed by atoms with E-state index < -0.39 is 34.7 Å². The molecule has 1 aromatic rings. The van der Waals surface area contributed by atoms with Gasteiger partial charge in [0.05, 0.1) is 34.8 Å². The first-order valence-corrected chi connectivity index (χ1v) is 6.40. The van der Waals surface area contributed by atoms with Gasteiger partial charge in [-0.3, -0.25) is 0 Å². The third kappa shape index (κ3) is 3.09. The maximum Gasteiger partial charge on any atom is 0.416 e. The maximum absolute atomic E-state index is 14.7. The van der Waals surface area contributed by atoms with Crippen LogP contribution in [0.2, 0.25) is 0 Å². The zero-order chi connectivity index (χ0) is 17.4. The lowest BCUT2D eigenvalue weighted by Gasteiger charge is -2.31. The van der Waals surface area contributed by atoms with E-state index in [2.05, 4.69) is 0 Å². The van der Waals surface area contributed by atoms with Crippen molar-refractivity contribution in [1.29, 1.82) is 10.5 Å². The summed E-state index contributed by atoms with van der Waals surface area (Å²) in [6.07, 6.45) is -3.37. The second-order valence-electron chi connectivity index (χ2n) is 5.24. The summed E-state index contributed by atoms with van der Waals surface area (Å²) in [6, 6.07) is 5.64. The molecule has 1 aliphatic rings. The van der Waals surface area contributed by atoms with Crippen LogP contribution < -0.4 is 0 Å². The lowest BCUT2D eigenvalue weighted by Crippen LogP contribution is -2.31. The van der Waals surface area contributed by atoms with E-state index in [0.29, 0.717) is 12.1 Å². The van der Waals surface area contributed by atoms with Crippen LogP contribution in [-0.2, 0) is 6.18 Å². The smallest absolute Gasteiger partial charge is 0.238 e. The molecule has 0 amide bonds. The van der Waals surface area contributed by atoms with Crippen molar-refractivity contribution < 1.29 is 22.0 Å². The third-order valence-corrected chi connectivity index (χ3v) is 3.50. The fourth-order valence-electron chi connectivity index (χ4n) is 2.57. The molecule has 0 spiro atoms. The molecule has 0 saturated heterocycles. The molecule has 0 saturated carbocycles. The molecule has 23 heavy (non-hydrogen) atoms. The van der Waals surface area contributed by atoms with Crippen molar-refractivity contribution in [3.63, 3.8) is 0 Å². The Balaban J connectivity index is 2.68. The van der Waals surface area contributed by atoms with E-state index in [1.165, 1.54) is 0 Å². The number of halogens is 5. The quantitative estimate of drug-likeness (QED) is 0.703. The van der Waals surface area contributed by atoms with E-state index in [1.54, 1.807) is 12.1 Å². The van der Waals surface area contributed by atoms with Gasteiger partial charge in [0.15, 0.2) is 0 Å². The first-order valence-electron chi connectivity index (χ1n) is 6.40. The molecule has 1 aliphatic carbocycles. The van der Waals surface area contributed by atoms with Crippen LogP contribution in [0.4, 0.5) is 22.0 Å². The van der Waals surface area contributed by atoms with Crippen molar-refractivity contribution in [3.05, 3.63) is 58.4 Å². The van der Waals surface area contributed by atoms with Crippen LogP contribution in [0.1, 0.15) is 29.5 Å². The molecule has 2 rings (SSSR count). The van der Waals surface area contributed by atoms with Crippen molar-refractivity contribution in [1.82, 2.24) is 0 Å². The summed E-state index contributed by atoms with van der Waals surface area (Å²) < 4.78 is 68.5. The average Bonchev–Trinajstić information content (AvgIpc) is 2.44. The molecule has 0 heterocycles. The lowest BCUT2D eigenvalue weighted by molar-refractivity contribution is -0.138. The van der Waals surface area contributed by atoms with E-state index in [0.717, 1.165) is 25.1 Å². The Bertz CT molecular complexity index is 788. The highest BCUT2D eigenvalue weighted by atomic mass is 19.4. The zero-order valence-electron chi connectivity index (χ0n) is 11.7. The first-order chi connectivity index (χ1) is 10.6. The van der Waals surface area contributed by atoms with Gasteiger partial charge in [0.2, 0.25) is 0 Å². The molecule has 1 aromatic carbocycles. The molecule has 0 aliphatic heterocycles. The molecular weight excluding hydrogens is 315 g/mol. The van der Waals surface area contributed by atoms with Crippen LogP contribution >= 0.6 is 0 Å². The van der Waals surface area contributed by atoms with E-state index in [9.17, 15) is 22.0 Å². The van der Waals surface area contributed by atoms with Crippen molar-refractivity contribution >= 4 is 0 Å². The van der Waals surface area contributed by atoms with Crippen LogP contribution in [0.3, 0.4) is 0 Å². The van der Waals surface area contributed by atoms with Crippen molar-refractivity contribution in [2.75, 3.05) is 0 Å². The number of rotatable bonds is 1. The topological polar surface area (TPSA) is 47.6 Å². The number of benzene rings is 1. The van der Waals surface area contributed by atoms with Gasteiger partial charge in [-0.05, 0) is 36.8 Å². The molecule has 118 valence electrons. The fraction of sp³-hybridized carbons (Fsp3) is 0.250. The molecule has 2 atom stereocenters. The van der Waals surface area contributed by atoms with Gasteiger partial charge in [0.1, 0.15) is 11.5 Å². The Kier molecular flexibility index (Phi) is 4.00. The Morgan fingerprint density at radius 3 is 2.30 bits per heavy atom. The summed E-state index contributed by atoms with van der Waals surface area (Å²) in [5.74, 6) is -3.02. The van der Waals surface area contributed by atoms with Crippen LogP contribution in [0.15, 0.2) is 41.8 Å². The summed E-state index contributed by atoms with van der Waals surface area (Å²) in [5, 5.41) is 17.5. The van der Waals surface area contributed by atoms with Crippen molar-refractivity contribution in [2.24, 2.45) is 0 Å². The minimum Gasteiger partial charge on any atom is -0.238 e. The van der Waals surface area contributed by atoms with E-state index in [4.69, 9.17) is 10.5 Å². The van der Waals surface area contributed by atoms with Crippen molar-refractivity contribution in [3.8, 4) is 12.1 Å².